The summed E-state index contributed by atoms with van der Waals surface area (Å²) in [4.78, 5) is 35.0. The van der Waals surface area contributed by atoms with E-state index in [4.69, 9.17) is 14.2 Å². The van der Waals surface area contributed by atoms with Gasteiger partial charge < -0.3 is 19.5 Å². The minimum atomic E-state index is -0.523. The molecule has 0 spiro atoms. The molecule has 5 heterocycles. The lowest BCUT2D eigenvalue weighted by atomic mass is 9.67. The minimum absolute atomic E-state index is 0.0202. The van der Waals surface area contributed by atoms with Gasteiger partial charge in [-0.05, 0) is 6.07 Å². The maximum absolute atomic E-state index is 13.4. The predicted molar refractivity (Wildman–Crippen MR) is 121 cm³/mol. The molecule has 2 aromatic heterocycles. The number of urea groups is 1. The fourth-order valence-electron chi connectivity index (χ4n) is 4.58. The molecule has 11 nitrogen and oxygen atoms in total. The number of nitrogens with zero attached hydrogens (tertiary/aromatic N) is 4. The second-order valence-corrected chi connectivity index (χ2v) is 8.51. The van der Waals surface area contributed by atoms with Gasteiger partial charge in [0.2, 0.25) is 0 Å². The molecule has 176 valence electrons. The van der Waals surface area contributed by atoms with E-state index in [0.29, 0.717) is 62.6 Å². The van der Waals surface area contributed by atoms with Gasteiger partial charge in [0.1, 0.15) is 35.1 Å². The van der Waals surface area contributed by atoms with Crippen LogP contribution in [0, 0.1) is 11.3 Å². The van der Waals surface area contributed by atoms with Crippen LogP contribution in [0.4, 0.5) is 22.1 Å². The third-order valence-corrected chi connectivity index (χ3v) is 6.33. The summed E-state index contributed by atoms with van der Waals surface area (Å²) >= 11 is 0. The third-order valence-electron chi connectivity index (χ3n) is 6.33. The van der Waals surface area contributed by atoms with Crippen LogP contribution < -0.4 is 15.5 Å². The minimum Gasteiger partial charge on any atom is -0.383 e. The van der Waals surface area contributed by atoms with Crippen LogP contribution in [0.5, 0.6) is 0 Å². The summed E-state index contributed by atoms with van der Waals surface area (Å²) < 4.78 is 16.6. The Labute approximate surface area is 196 Å². The van der Waals surface area contributed by atoms with Crippen molar-refractivity contribution >= 4 is 29.6 Å². The quantitative estimate of drug-likeness (QED) is 0.444. The first-order chi connectivity index (χ1) is 16.6. The highest BCUT2D eigenvalue weighted by Crippen LogP contribution is 2.56. The number of hydrogen-bond acceptors (Lipinski definition) is 9. The molecule has 3 aliphatic heterocycles. The molecule has 0 aromatic carbocycles. The summed E-state index contributed by atoms with van der Waals surface area (Å²) in [5.74, 6) is 0.702. The van der Waals surface area contributed by atoms with E-state index < -0.39 is 11.6 Å². The number of nitriles is 1. The van der Waals surface area contributed by atoms with Crippen molar-refractivity contribution in [2.45, 2.75) is 30.6 Å². The van der Waals surface area contributed by atoms with E-state index in [1.807, 2.05) is 6.07 Å². The van der Waals surface area contributed by atoms with Crippen LogP contribution in [0.2, 0.25) is 0 Å². The highest BCUT2D eigenvalue weighted by atomic mass is 16.6. The maximum atomic E-state index is 13.4. The second kappa shape index (κ2) is 8.98. The fourth-order valence-corrected chi connectivity index (χ4v) is 4.58. The standard InChI is InChI=1S/C23H24N6O5/c1-32-5-4-25-19-6-20(26-10-14(19)9-24)28-22(31)29-16-7-23(8-16,34-17-12-33-13-17)18-3-2-15(11-30)27-21(18)29/h2-3,6,10-11,16-17H,4-5,7-8,12-13H2,1H3,(H2,25,26,28,31). The van der Waals surface area contributed by atoms with E-state index in [-0.39, 0.29) is 23.7 Å². The second-order valence-electron chi connectivity index (χ2n) is 8.51. The zero-order valence-electron chi connectivity index (χ0n) is 18.6. The van der Waals surface area contributed by atoms with E-state index in [1.54, 1.807) is 24.1 Å². The van der Waals surface area contributed by atoms with Crippen molar-refractivity contribution in [3.05, 3.63) is 41.2 Å². The number of nitrogens with one attached hydrogen (secondary N) is 2. The summed E-state index contributed by atoms with van der Waals surface area (Å²) in [6.07, 6.45) is 3.35. The number of pyridine rings is 2. The van der Waals surface area contributed by atoms with Gasteiger partial charge in [0.05, 0.1) is 31.1 Å². The van der Waals surface area contributed by atoms with Crippen molar-refractivity contribution in [3.8, 4) is 6.07 Å². The smallest absolute Gasteiger partial charge is 0.328 e. The number of aldehydes is 1. The number of ether oxygens (including phenoxy) is 3. The van der Waals surface area contributed by atoms with E-state index in [9.17, 15) is 14.9 Å². The lowest BCUT2D eigenvalue weighted by Crippen LogP contribution is -2.64. The van der Waals surface area contributed by atoms with Gasteiger partial charge in [-0.15, -0.1) is 0 Å². The van der Waals surface area contributed by atoms with Crippen LogP contribution in [0.15, 0.2) is 24.4 Å². The number of amides is 2. The van der Waals surface area contributed by atoms with Gasteiger partial charge in [-0.25, -0.2) is 14.8 Å². The van der Waals surface area contributed by atoms with Crippen molar-refractivity contribution in [3.63, 3.8) is 0 Å². The Balaban J connectivity index is 1.40. The number of anilines is 3. The van der Waals surface area contributed by atoms with Crippen molar-refractivity contribution in [1.29, 1.82) is 5.26 Å². The third kappa shape index (κ3) is 3.86. The molecule has 0 unspecified atom stereocenters. The first-order valence-corrected chi connectivity index (χ1v) is 11.0. The molecule has 34 heavy (non-hydrogen) atoms. The molecule has 0 radical (unpaired) electrons. The van der Waals surface area contributed by atoms with Crippen molar-refractivity contribution < 1.29 is 23.8 Å². The maximum Gasteiger partial charge on any atom is 0.328 e. The molecule has 2 aromatic rings. The zero-order valence-corrected chi connectivity index (χ0v) is 18.6. The molecule has 4 aliphatic rings. The first-order valence-electron chi connectivity index (χ1n) is 11.0. The molecule has 2 amide bonds. The number of aromatic nitrogens is 2. The topological polar surface area (TPSA) is 139 Å². The summed E-state index contributed by atoms with van der Waals surface area (Å²) in [5.41, 5.74) is 1.41. The van der Waals surface area contributed by atoms with Crippen molar-refractivity contribution in [1.82, 2.24) is 9.97 Å². The van der Waals surface area contributed by atoms with E-state index in [0.717, 1.165) is 5.56 Å². The average molecular weight is 464 g/mol. The molecule has 2 fully saturated rings. The van der Waals surface area contributed by atoms with Gasteiger partial charge in [0.15, 0.2) is 6.29 Å². The molecular weight excluding hydrogens is 440 g/mol. The number of hydrogen-bond donors (Lipinski definition) is 2. The van der Waals surface area contributed by atoms with Crippen LogP contribution >= 0.6 is 0 Å². The average Bonchev–Trinajstić information content (AvgIpc) is 2.80. The predicted octanol–water partition coefficient (Wildman–Crippen LogP) is 2.04. The molecule has 1 saturated heterocycles. The van der Waals surface area contributed by atoms with Gasteiger partial charge in [-0.3, -0.25) is 15.0 Å². The monoisotopic (exact) mass is 464 g/mol. The Bertz CT molecular complexity index is 1160. The molecule has 0 atom stereocenters. The molecule has 2 N–H and O–H groups in total. The van der Waals surface area contributed by atoms with E-state index >= 15 is 0 Å². The van der Waals surface area contributed by atoms with Crippen LogP contribution in [0.1, 0.15) is 34.5 Å². The number of carbonyl (C=O) groups excluding carboxylic acids is 2. The van der Waals surface area contributed by atoms with Gasteiger partial charge >= 0.3 is 6.03 Å². The zero-order chi connectivity index (χ0) is 23.7. The van der Waals surface area contributed by atoms with Gasteiger partial charge in [-0.2, -0.15) is 5.26 Å². The Morgan fingerprint density at radius 2 is 2.24 bits per heavy atom. The van der Waals surface area contributed by atoms with Crippen molar-refractivity contribution in [2.75, 3.05) is 49.0 Å². The van der Waals surface area contributed by atoms with Crippen LogP contribution in [0.3, 0.4) is 0 Å². The number of methoxy groups -OCH3 is 1. The van der Waals surface area contributed by atoms with Crippen LogP contribution in [0.25, 0.3) is 0 Å². The SMILES string of the molecule is COCCNc1cc(NC(=O)N2c3nc(C=O)ccc3C3(OC4COC4)CC2C3)ncc1C#N. The molecule has 11 heteroatoms. The highest BCUT2D eigenvalue weighted by Gasteiger charge is 2.58. The molecule has 1 saturated carbocycles. The molecule has 1 aliphatic carbocycles. The van der Waals surface area contributed by atoms with Gasteiger partial charge in [0.25, 0.3) is 0 Å². The molecule has 6 rings (SSSR count). The van der Waals surface area contributed by atoms with E-state index in [1.165, 1.54) is 6.20 Å². The fraction of sp³-hybridized carbons (Fsp3) is 0.435. The number of carbonyl (C=O) groups is 2. The summed E-state index contributed by atoms with van der Waals surface area (Å²) in [6, 6.07) is 6.61. The summed E-state index contributed by atoms with van der Waals surface area (Å²) in [7, 11) is 1.59. The van der Waals surface area contributed by atoms with Gasteiger partial charge in [0, 0.05) is 50.4 Å². The van der Waals surface area contributed by atoms with Crippen LogP contribution in [-0.2, 0) is 19.8 Å². The summed E-state index contributed by atoms with van der Waals surface area (Å²) in [5, 5.41) is 15.3. The number of rotatable bonds is 8. The lowest BCUT2D eigenvalue weighted by molar-refractivity contribution is -0.227. The van der Waals surface area contributed by atoms with Gasteiger partial charge in [-0.1, -0.05) is 6.07 Å². The van der Waals surface area contributed by atoms with Crippen molar-refractivity contribution in [2.24, 2.45) is 0 Å². The first kappa shape index (κ1) is 22.2. The largest absolute Gasteiger partial charge is 0.383 e. The van der Waals surface area contributed by atoms with Crippen LogP contribution in [-0.4, -0.2) is 67.9 Å². The normalized spacial score (nSPS) is 22.6. The highest BCUT2D eigenvalue weighted by molar-refractivity contribution is 6.03. The lowest BCUT2D eigenvalue weighted by Gasteiger charge is -2.57. The Kier molecular flexibility index (Phi) is 5.87. The Morgan fingerprint density at radius 3 is 2.91 bits per heavy atom. The summed E-state index contributed by atoms with van der Waals surface area (Å²) in [6.45, 7) is 2.06. The Morgan fingerprint density at radius 1 is 1.41 bits per heavy atom. The Hall–Kier alpha value is -3.59. The molecular formula is C23H24N6O5. The van der Waals surface area contributed by atoms with E-state index in [2.05, 4.69) is 26.7 Å². The molecule has 2 bridgehead atoms.